The van der Waals surface area contributed by atoms with Gasteiger partial charge in [0.25, 0.3) is 0 Å². The van der Waals surface area contributed by atoms with Crippen molar-refractivity contribution in [1.82, 2.24) is 0 Å². The second-order valence-electron chi connectivity index (χ2n) is 8.33. The first kappa shape index (κ1) is 19.1. The van der Waals surface area contributed by atoms with E-state index in [4.69, 9.17) is 4.42 Å². The van der Waals surface area contributed by atoms with Crippen molar-refractivity contribution >= 4 is 22.8 Å². The summed E-state index contributed by atoms with van der Waals surface area (Å²) in [4.78, 5) is 25.1. The Kier molecular flexibility index (Phi) is 4.53. The Morgan fingerprint density at radius 2 is 1.93 bits per heavy atom. The standard InChI is InChI=1S/C23H24O4S/c1-21(2)22(12-16-6-4-3-5-7-16,14-18-9-11-28-19(18)24)23(21,20(25)26)13-17-8-10-27-15-17/h3-8,10,14-15H,9,11-13H2,1-2H3,(H,25,26)/b18-14+/t22-,23+/m0/s1. The highest BCUT2D eigenvalue weighted by Gasteiger charge is 2.84. The number of benzene rings is 1. The SMILES string of the molecule is CC1(C)[C@@](/C=C2\CCSC2=O)(Cc2ccccc2)[C@]1(Cc1ccoc1)C(=O)O. The van der Waals surface area contributed by atoms with Gasteiger partial charge in [0, 0.05) is 16.7 Å². The van der Waals surface area contributed by atoms with Crippen molar-refractivity contribution in [2.24, 2.45) is 16.2 Å². The molecule has 1 N–H and O–H groups in total. The highest BCUT2D eigenvalue weighted by Crippen LogP contribution is 2.81. The smallest absolute Gasteiger partial charge is 0.311 e. The Labute approximate surface area is 169 Å². The molecule has 1 saturated carbocycles. The van der Waals surface area contributed by atoms with E-state index in [2.05, 4.69) is 0 Å². The van der Waals surface area contributed by atoms with Crippen LogP contribution in [0.3, 0.4) is 0 Å². The molecule has 2 aliphatic rings. The highest BCUT2D eigenvalue weighted by molar-refractivity contribution is 8.14. The molecule has 4 nitrogen and oxygen atoms in total. The molecule has 2 aromatic rings. The predicted octanol–water partition coefficient (Wildman–Crippen LogP) is 4.75. The summed E-state index contributed by atoms with van der Waals surface area (Å²) >= 11 is 1.32. The van der Waals surface area contributed by atoms with Crippen LogP contribution >= 0.6 is 11.8 Å². The van der Waals surface area contributed by atoms with Crippen LogP contribution in [0, 0.1) is 16.2 Å². The molecular weight excluding hydrogens is 372 g/mol. The van der Waals surface area contributed by atoms with Gasteiger partial charge >= 0.3 is 5.97 Å². The van der Waals surface area contributed by atoms with E-state index in [-0.39, 0.29) is 5.12 Å². The van der Waals surface area contributed by atoms with Gasteiger partial charge in [0.15, 0.2) is 0 Å². The van der Waals surface area contributed by atoms with Crippen LogP contribution < -0.4 is 0 Å². The summed E-state index contributed by atoms with van der Waals surface area (Å²) in [7, 11) is 0. The summed E-state index contributed by atoms with van der Waals surface area (Å²) in [5.41, 5.74) is 0.571. The van der Waals surface area contributed by atoms with E-state index in [9.17, 15) is 14.7 Å². The molecule has 2 heterocycles. The molecule has 1 aromatic heterocycles. The van der Waals surface area contributed by atoms with Crippen LogP contribution in [0.15, 0.2) is 65.0 Å². The lowest BCUT2D eigenvalue weighted by Gasteiger charge is -2.21. The minimum Gasteiger partial charge on any atom is -0.481 e. The van der Waals surface area contributed by atoms with Crippen molar-refractivity contribution in [3.05, 3.63) is 71.7 Å². The van der Waals surface area contributed by atoms with Crippen LogP contribution in [-0.2, 0) is 22.4 Å². The number of furan rings is 1. The molecular formula is C23H24O4S. The van der Waals surface area contributed by atoms with Gasteiger partial charge in [0.2, 0.25) is 5.12 Å². The summed E-state index contributed by atoms with van der Waals surface area (Å²) in [6.07, 6.45) is 6.88. The van der Waals surface area contributed by atoms with Crippen LogP contribution in [0.25, 0.3) is 0 Å². The monoisotopic (exact) mass is 396 g/mol. The first-order chi connectivity index (χ1) is 13.3. The Bertz CT molecular complexity index is 929. The summed E-state index contributed by atoms with van der Waals surface area (Å²) in [5, 5.41) is 10.5. The summed E-state index contributed by atoms with van der Waals surface area (Å²) in [6, 6.07) is 11.8. The average Bonchev–Trinajstić information content (AvgIpc) is 3.15. The van der Waals surface area contributed by atoms with E-state index in [1.807, 2.05) is 56.3 Å². The van der Waals surface area contributed by atoms with Crippen molar-refractivity contribution in [1.29, 1.82) is 0 Å². The summed E-state index contributed by atoms with van der Waals surface area (Å²) in [5.74, 6) is -0.0431. The second kappa shape index (κ2) is 6.66. The second-order valence-corrected chi connectivity index (χ2v) is 9.40. The lowest BCUT2D eigenvalue weighted by molar-refractivity contribution is -0.145. The molecule has 0 spiro atoms. The van der Waals surface area contributed by atoms with Crippen molar-refractivity contribution in [2.75, 3.05) is 5.75 Å². The number of carboxylic acid groups (broad SMARTS) is 1. The van der Waals surface area contributed by atoms with E-state index in [0.717, 1.165) is 22.5 Å². The van der Waals surface area contributed by atoms with E-state index in [1.165, 1.54) is 11.8 Å². The van der Waals surface area contributed by atoms with E-state index >= 15 is 0 Å². The van der Waals surface area contributed by atoms with Crippen molar-refractivity contribution in [3.8, 4) is 0 Å². The fourth-order valence-electron chi connectivity index (χ4n) is 5.23. The van der Waals surface area contributed by atoms with E-state index in [0.29, 0.717) is 19.3 Å². The molecule has 4 rings (SSSR count). The number of carboxylic acids is 1. The van der Waals surface area contributed by atoms with Gasteiger partial charge in [-0.3, -0.25) is 9.59 Å². The predicted molar refractivity (Wildman–Crippen MR) is 109 cm³/mol. The van der Waals surface area contributed by atoms with E-state index in [1.54, 1.807) is 12.5 Å². The van der Waals surface area contributed by atoms with Crippen LogP contribution in [0.2, 0.25) is 0 Å². The third kappa shape index (κ3) is 2.60. The maximum Gasteiger partial charge on any atom is 0.311 e. The molecule has 0 unspecified atom stereocenters. The molecule has 1 aromatic carbocycles. The number of hydrogen-bond acceptors (Lipinski definition) is 4. The number of carbonyl (C=O) groups is 2. The number of rotatable bonds is 6. The number of allylic oxidation sites excluding steroid dienone is 1. The van der Waals surface area contributed by atoms with Gasteiger partial charge in [-0.15, -0.1) is 0 Å². The fourth-order valence-corrected chi connectivity index (χ4v) is 6.08. The van der Waals surface area contributed by atoms with Gasteiger partial charge in [-0.05, 0) is 41.9 Å². The molecule has 1 saturated heterocycles. The van der Waals surface area contributed by atoms with Gasteiger partial charge in [-0.1, -0.05) is 62.0 Å². The number of carbonyl (C=O) groups excluding carboxylic acids is 1. The molecule has 0 bridgehead atoms. The molecule has 146 valence electrons. The minimum atomic E-state index is -1.000. The maximum atomic E-state index is 12.7. The molecule has 2 fully saturated rings. The normalized spacial score (nSPS) is 29.9. The van der Waals surface area contributed by atoms with Crippen LogP contribution in [0.1, 0.15) is 31.4 Å². The third-order valence-corrected chi connectivity index (χ3v) is 7.84. The molecule has 28 heavy (non-hydrogen) atoms. The molecule has 0 radical (unpaired) electrons. The van der Waals surface area contributed by atoms with Crippen LogP contribution in [0.5, 0.6) is 0 Å². The maximum absolute atomic E-state index is 12.7. The molecule has 5 heteroatoms. The Morgan fingerprint density at radius 3 is 2.50 bits per heavy atom. The molecule has 1 aliphatic carbocycles. The number of thioether (sulfide) groups is 1. The largest absolute Gasteiger partial charge is 0.481 e. The number of aliphatic carboxylic acids is 1. The first-order valence-corrected chi connectivity index (χ1v) is 10.5. The van der Waals surface area contributed by atoms with E-state index < -0.39 is 22.2 Å². The lowest BCUT2D eigenvalue weighted by atomic mass is 9.81. The average molecular weight is 397 g/mol. The highest BCUT2D eigenvalue weighted by atomic mass is 32.2. The van der Waals surface area contributed by atoms with Gasteiger partial charge in [-0.2, -0.15) is 0 Å². The minimum absolute atomic E-state index is 0.0812. The van der Waals surface area contributed by atoms with Gasteiger partial charge in [0.1, 0.15) is 0 Å². The Balaban J connectivity index is 1.86. The van der Waals surface area contributed by atoms with Crippen LogP contribution in [-0.4, -0.2) is 21.9 Å². The van der Waals surface area contributed by atoms with Crippen LogP contribution in [0.4, 0.5) is 0 Å². The Morgan fingerprint density at radius 1 is 1.18 bits per heavy atom. The van der Waals surface area contributed by atoms with Crippen molar-refractivity contribution in [3.63, 3.8) is 0 Å². The van der Waals surface area contributed by atoms with Gasteiger partial charge in [0.05, 0.1) is 17.9 Å². The zero-order valence-electron chi connectivity index (χ0n) is 16.1. The molecule has 1 aliphatic heterocycles. The van der Waals surface area contributed by atoms with Crippen molar-refractivity contribution in [2.45, 2.75) is 33.1 Å². The third-order valence-electron chi connectivity index (χ3n) is 6.91. The zero-order valence-corrected chi connectivity index (χ0v) is 16.9. The van der Waals surface area contributed by atoms with Gasteiger partial charge in [-0.25, -0.2) is 0 Å². The van der Waals surface area contributed by atoms with Gasteiger partial charge < -0.3 is 9.52 Å². The first-order valence-electron chi connectivity index (χ1n) is 9.51. The summed E-state index contributed by atoms with van der Waals surface area (Å²) in [6.45, 7) is 4.04. The quantitative estimate of drug-likeness (QED) is 0.714. The zero-order chi connectivity index (χ0) is 20.0. The summed E-state index contributed by atoms with van der Waals surface area (Å²) < 4.78 is 5.21. The van der Waals surface area contributed by atoms with Crippen molar-refractivity contribution < 1.29 is 19.1 Å². The lowest BCUT2D eigenvalue weighted by Crippen LogP contribution is -2.27. The Hall–Kier alpha value is -2.27. The fraction of sp³-hybridized carbons (Fsp3) is 0.391. The topological polar surface area (TPSA) is 67.5 Å². The molecule has 2 atom stereocenters. The molecule has 0 amide bonds. The number of hydrogen-bond donors (Lipinski definition) is 1.